The zero-order valence-electron chi connectivity index (χ0n) is 17.2. The van der Waals surface area contributed by atoms with E-state index in [2.05, 4.69) is 41.5 Å². The van der Waals surface area contributed by atoms with Crippen molar-refractivity contribution in [2.24, 2.45) is 10.9 Å². The Bertz CT molecular complexity index is 952. The van der Waals surface area contributed by atoms with Crippen LogP contribution in [0.3, 0.4) is 0 Å². The topological polar surface area (TPSA) is 104 Å². The van der Waals surface area contributed by atoms with Crippen molar-refractivity contribution in [2.75, 3.05) is 26.7 Å². The molecule has 0 radical (unpaired) electrons. The van der Waals surface area contributed by atoms with Gasteiger partial charge in [0.1, 0.15) is 5.54 Å². The highest BCUT2D eigenvalue weighted by atomic mass is 127. The standard InChI is InChI=1S/C20H27N7O2.HI/c1-20(17(28)24-19(29)25-20)14-7-10-26(11-8-14)18(21-2)22-9-12-27-13-23-15-5-3-4-6-16(15)27;/h3-6,13-14H,7-12H2,1-2H3,(H,21,22)(H2,24,25,28,29);1H. The van der Waals surface area contributed by atoms with Crippen LogP contribution in [0.4, 0.5) is 4.79 Å². The van der Waals surface area contributed by atoms with Crippen LogP contribution in [0.1, 0.15) is 19.8 Å². The van der Waals surface area contributed by atoms with Crippen LogP contribution in [0, 0.1) is 5.92 Å². The molecule has 3 amide bonds. The fraction of sp³-hybridized carbons (Fsp3) is 0.500. The number of urea groups is 1. The molecule has 0 spiro atoms. The third-order valence-electron chi connectivity index (χ3n) is 6.06. The monoisotopic (exact) mass is 525 g/mol. The number of aliphatic imine (C=N–C) groups is 1. The third-order valence-corrected chi connectivity index (χ3v) is 6.06. The predicted molar refractivity (Wildman–Crippen MR) is 126 cm³/mol. The summed E-state index contributed by atoms with van der Waals surface area (Å²) in [6.45, 7) is 4.92. The van der Waals surface area contributed by atoms with Crippen LogP contribution in [-0.2, 0) is 11.3 Å². The van der Waals surface area contributed by atoms with Crippen molar-refractivity contribution < 1.29 is 9.59 Å². The number of hydrogen-bond acceptors (Lipinski definition) is 4. The lowest BCUT2D eigenvalue weighted by Gasteiger charge is -2.39. The highest BCUT2D eigenvalue weighted by Crippen LogP contribution is 2.30. The summed E-state index contributed by atoms with van der Waals surface area (Å²) in [5.41, 5.74) is 1.30. The number of likely N-dealkylation sites (tertiary alicyclic amines) is 1. The van der Waals surface area contributed by atoms with E-state index in [1.54, 1.807) is 7.05 Å². The van der Waals surface area contributed by atoms with Crippen LogP contribution in [0.2, 0.25) is 0 Å². The maximum absolute atomic E-state index is 12.2. The molecule has 3 N–H and O–H groups in total. The maximum atomic E-state index is 12.2. The van der Waals surface area contributed by atoms with Gasteiger partial charge in [-0.05, 0) is 37.8 Å². The summed E-state index contributed by atoms with van der Waals surface area (Å²) in [4.78, 5) is 34.8. The molecule has 0 aliphatic carbocycles. The van der Waals surface area contributed by atoms with E-state index in [9.17, 15) is 9.59 Å². The number of halogens is 1. The highest BCUT2D eigenvalue weighted by Gasteiger charge is 2.48. The molecule has 0 bridgehead atoms. The van der Waals surface area contributed by atoms with Gasteiger partial charge in [-0.25, -0.2) is 9.78 Å². The molecule has 0 saturated carbocycles. The third kappa shape index (κ3) is 4.23. The Hall–Kier alpha value is -2.37. The molecular formula is C20H28IN7O2. The number of aromatic nitrogens is 2. The molecule has 1 aromatic carbocycles. The van der Waals surface area contributed by atoms with E-state index < -0.39 is 11.6 Å². The lowest BCUT2D eigenvalue weighted by Crippen LogP contribution is -2.55. The number of nitrogens with one attached hydrogen (secondary N) is 3. The predicted octanol–water partition coefficient (Wildman–Crippen LogP) is 1.54. The zero-order chi connectivity index (χ0) is 20.4. The van der Waals surface area contributed by atoms with E-state index in [4.69, 9.17) is 0 Å². The van der Waals surface area contributed by atoms with E-state index in [-0.39, 0.29) is 35.8 Å². The number of fused-ring (bicyclic) bond motifs is 1. The fourth-order valence-corrected chi connectivity index (χ4v) is 4.32. The first-order valence-electron chi connectivity index (χ1n) is 10.0. The first kappa shape index (κ1) is 22.3. The summed E-state index contributed by atoms with van der Waals surface area (Å²) in [6.07, 6.45) is 3.50. The van der Waals surface area contributed by atoms with Gasteiger partial charge in [0.25, 0.3) is 5.91 Å². The molecule has 1 atom stereocenters. The van der Waals surface area contributed by atoms with Crippen LogP contribution < -0.4 is 16.0 Å². The Kier molecular flexibility index (Phi) is 6.84. The van der Waals surface area contributed by atoms with Gasteiger partial charge in [0.15, 0.2) is 5.96 Å². The second kappa shape index (κ2) is 9.19. The van der Waals surface area contributed by atoms with E-state index in [1.807, 2.05) is 31.5 Å². The molecule has 4 rings (SSSR count). The molecule has 9 nitrogen and oxygen atoms in total. The Morgan fingerprint density at radius 3 is 2.70 bits per heavy atom. The first-order chi connectivity index (χ1) is 14.0. The van der Waals surface area contributed by atoms with Crippen LogP contribution in [0.25, 0.3) is 11.0 Å². The molecule has 2 aliphatic heterocycles. The Morgan fingerprint density at radius 2 is 2.03 bits per heavy atom. The van der Waals surface area contributed by atoms with Gasteiger partial charge < -0.3 is 20.1 Å². The molecular weight excluding hydrogens is 497 g/mol. The van der Waals surface area contributed by atoms with Gasteiger partial charge in [0.05, 0.1) is 17.4 Å². The summed E-state index contributed by atoms with van der Waals surface area (Å²) in [7, 11) is 1.78. The molecule has 1 unspecified atom stereocenters. The molecule has 30 heavy (non-hydrogen) atoms. The number of carbonyl (C=O) groups excluding carboxylic acids is 2. The number of benzene rings is 1. The van der Waals surface area contributed by atoms with Gasteiger partial charge in [0, 0.05) is 33.2 Å². The van der Waals surface area contributed by atoms with E-state index in [0.29, 0.717) is 0 Å². The Morgan fingerprint density at radius 1 is 1.30 bits per heavy atom. The zero-order valence-corrected chi connectivity index (χ0v) is 19.6. The van der Waals surface area contributed by atoms with E-state index >= 15 is 0 Å². The van der Waals surface area contributed by atoms with Crippen molar-refractivity contribution in [2.45, 2.75) is 31.8 Å². The quantitative estimate of drug-likeness (QED) is 0.243. The smallest absolute Gasteiger partial charge is 0.322 e. The summed E-state index contributed by atoms with van der Waals surface area (Å²) in [5.74, 6) is 0.745. The van der Waals surface area contributed by atoms with Gasteiger partial charge in [-0.1, -0.05) is 12.1 Å². The highest BCUT2D eigenvalue weighted by molar-refractivity contribution is 14.0. The average molecular weight is 525 g/mol. The summed E-state index contributed by atoms with van der Waals surface area (Å²) in [5, 5.41) is 8.59. The minimum atomic E-state index is -0.817. The number of rotatable bonds is 4. The van der Waals surface area contributed by atoms with Gasteiger partial charge in [0.2, 0.25) is 0 Å². The number of imide groups is 1. The van der Waals surface area contributed by atoms with E-state index in [1.165, 1.54) is 0 Å². The molecule has 2 aromatic rings. The number of nitrogens with zero attached hydrogens (tertiary/aromatic N) is 4. The summed E-state index contributed by atoms with van der Waals surface area (Å²) >= 11 is 0. The van der Waals surface area contributed by atoms with Crippen LogP contribution in [0.5, 0.6) is 0 Å². The van der Waals surface area contributed by atoms with Gasteiger partial charge in [-0.15, -0.1) is 24.0 Å². The lowest BCUT2D eigenvalue weighted by molar-refractivity contribution is -0.125. The second-order valence-electron chi connectivity index (χ2n) is 7.77. The second-order valence-corrected chi connectivity index (χ2v) is 7.77. The van der Waals surface area contributed by atoms with Gasteiger partial charge in [-0.3, -0.25) is 15.1 Å². The summed E-state index contributed by atoms with van der Waals surface area (Å²) < 4.78 is 2.13. The molecule has 1 aromatic heterocycles. The van der Waals surface area contributed by atoms with Crippen molar-refractivity contribution in [3.63, 3.8) is 0 Å². The maximum Gasteiger partial charge on any atom is 0.322 e. The normalized spacial score (nSPS) is 22.6. The molecule has 2 saturated heterocycles. The average Bonchev–Trinajstić information content (AvgIpc) is 3.26. The number of carbonyl (C=O) groups is 2. The van der Waals surface area contributed by atoms with Crippen LogP contribution >= 0.6 is 24.0 Å². The molecule has 3 heterocycles. The minimum absolute atomic E-state index is 0. The van der Waals surface area contributed by atoms with Crippen LogP contribution in [0.15, 0.2) is 35.6 Å². The van der Waals surface area contributed by atoms with E-state index in [0.717, 1.165) is 56.0 Å². The number of imidazole rings is 1. The van der Waals surface area contributed by atoms with Crippen molar-refractivity contribution in [1.29, 1.82) is 0 Å². The van der Waals surface area contributed by atoms with Gasteiger partial charge in [-0.2, -0.15) is 0 Å². The SMILES string of the molecule is CN=C(NCCn1cnc2ccccc21)N1CCC(C2(C)NC(=O)NC2=O)CC1.I. The number of para-hydroxylation sites is 2. The number of piperidine rings is 1. The van der Waals surface area contributed by atoms with Crippen molar-refractivity contribution in [3.05, 3.63) is 30.6 Å². The number of guanidine groups is 1. The first-order valence-corrected chi connectivity index (χ1v) is 10.0. The minimum Gasteiger partial charge on any atom is -0.354 e. The summed E-state index contributed by atoms with van der Waals surface area (Å²) in [6, 6.07) is 7.69. The Labute approximate surface area is 192 Å². The Balaban J connectivity index is 0.00000256. The largest absolute Gasteiger partial charge is 0.354 e. The molecule has 10 heteroatoms. The number of amides is 3. The fourth-order valence-electron chi connectivity index (χ4n) is 4.32. The van der Waals surface area contributed by atoms with Crippen molar-refractivity contribution >= 4 is 52.9 Å². The molecule has 2 aliphatic rings. The van der Waals surface area contributed by atoms with Crippen LogP contribution in [-0.4, -0.2) is 64.6 Å². The number of hydrogen-bond donors (Lipinski definition) is 3. The molecule has 2 fully saturated rings. The lowest BCUT2D eigenvalue weighted by atomic mass is 9.79. The van der Waals surface area contributed by atoms with Gasteiger partial charge >= 0.3 is 6.03 Å². The van der Waals surface area contributed by atoms with Crippen molar-refractivity contribution in [3.8, 4) is 0 Å². The molecule has 162 valence electrons. The van der Waals surface area contributed by atoms with Crippen molar-refractivity contribution in [1.82, 2.24) is 30.4 Å².